The number of rotatable bonds is 5. The summed E-state index contributed by atoms with van der Waals surface area (Å²) in [5.41, 5.74) is 0.0360. The molecule has 0 aliphatic heterocycles. The number of nitrogens with one attached hydrogen (secondary N) is 1. The molecule has 2 heterocycles. The highest BCUT2D eigenvalue weighted by atomic mass is 16.2. The summed E-state index contributed by atoms with van der Waals surface area (Å²) in [7, 11) is 0. The van der Waals surface area contributed by atoms with Crippen molar-refractivity contribution in [3.05, 3.63) is 52.6 Å². The fourth-order valence-corrected chi connectivity index (χ4v) is 2.72. The molecule has 0 fully saturated rings. The summed E-state index contributed by atoms with van der Waals surface area (Å²) in [6, 6.07) is 8.77. The van der Waals surface area contributed by atoms with Gasteiger partial charge in [-0.05, 0) is 18.9 Å². The van der Waals surface area contributed by atoms with Gasteiger partial charge in [-0.1, -0.05) is 32.0 Å². The minimum atomic E-state index is -0.357. The Morgan fingerprint density at radius 3 is 2.56 bits per heavy atom. The summed E-state index contributed by atoms with van der Waals surface area (Å²) in [6.45, 7) is 7.09. The number of hydrogen-bond donors (Lipinski definition) is 1. The lowest BCUT2D eigenvalue weighted by Gasteiger charge is -2.12. The van der Waals surface area contributed by atoms with Crippen LogP contribution in [0, 0.1) is 5.92 Å². The van der Waals surface area contributed by atoms with Gasteiger partial charge in [-0.15, -0.1) is 0 Å². The summed E-state index contributed by atoms with van der Waals surface area (Å²) >= 11 is 0. The van der Waals surface area contributed by atoms with Crippen LogP contribution in [0.5, 0.6) is 0 Å². The van der Waals surface area contributed by atoms with E-state index in [4.69, 9.17) is 0 Å². The van der Waals surface area contributed by atoms with E-state index in [1.54, 1.807) is 41.2 Å². The van der Waals surface area contributed by atoms with Gasteiger partial charge in [0.05, 0.1) is 11.6 Å². The number of aryl methyl sites for hydroxylation is 1. The number of benzene rings is 1. The summed E-state index contributed by atoms with van der Waals surface area (Å²) in [6.07, 6.45) is 1.65. The van der Waals surface area contributed by atoms with E-state index in [0.29, 0.717) is 35.6 Å². The lowest BCUT2D eigenvalue weighted by molar-refractivity contribution is 0.102. The maximum atomic E-state index is 12.8. The van der Waals surface area contributed by atoms with Crippen molar-refractivity contribution in [2.45, 2.75) is 33.9 Å². The number of aromatic nitrogens is 4. The number of fused-ring (bicyclic) bond motifs is 1. The molecule has 0 aliphatic carbocycles. The first-order chi connectivity index (χ1) is 12.0. The molecule has 0 saturated heterocycles. The van der Waals surface area contributed by atoms with Crippen LogP contribution in [0.4, 0.5) is 5.82 Å². The van der Waals surface area contributed by atoms with Gasteiger partial charge in [0, 0.05) is 24.5 Å². The summed E-state index contributed by atoms with van der Waals surface area (Å²) < 4.78 is 3.06. The van der Waals surface area contributed by atoms with Gasteiger partial charge in [-0.2, -0.15) is 10.2 Å². The molecule has 1 amide bonds. The van der Waals surface area contributed by atoms with Crippen LogP contribution in [0.15, 0.2) is 41.3 Å². The Hall–Kier alpha value is -2.96. The average molecular weight is 339 g/mol. The number of carbonyl (C=O) groups is 1. The standard InChI is InChI=1S/C18H21N5O2/c1-4-22-18(25)14-8-6-5-7-13(14)16(21-22)17(24)20-15-9-10-19-23(15)11-12(2)3/h5-10,12H,4,11H2,1-3H3,(H,20,24). The zero-order valence-electron chi connectivity index (χ0n) is 14.6. The number of carbonyl (C=O) groups excluding carboxylic acids is 1. The first-order valence-corrected chi connectivity index (χ1v) is 8.34. The van der Waals surface area contributed by atoms with E-state index in [2.05, 4.69) is 29.4 Å². The molecule has 3 aromatic rings. The molecule has 0 unspecified atom stereocenters. The van der Waals surface area contributed by atoms with Gasteiger partial charge >= 0.3 is 0 Å². The van der Waals surface area contributed by atoms with E-state index >= 15 is 0 Å². The highest BCUT2D eigenvalue weighted by molar-refractivity contribution is 6.10. The van der Waals surface area contributed by atoms with Crippen molar-refractivity contribution in [3.8, 4) is 0 Å². The molecule has 2 aromatic heterocycles. The van der Waals surface area contributed by atoms with Crippen molar-refractivity contribution in [3.63, 3.8) is 0 Å². The number of anilines is 1. The van der Waals surface area contributed by atoms with E-state index in [9.17, 15) is 9.59 Å². The van der Waals surface area contributed by atoms with Gasteiger partial charge in [0.15, 0.2) is 5.69 Å². The number of amides is 1. The van der Waals surface area contributed by atoms with Crippen molar-refractivity contribution in [2.75, 3.05) is 5.32 Å². The highest BCUT2D eigenvalue weighted by Crippen LogP contribution is 2.16. The summed E-state index contributed by atoms with van der Waals surface area (Å²) in [5, 5.41) is 12.4. The Labute approximate surface area is 145 Å². The normalized spacial score (nSPS) is 11.2. The Bertz CT molecular complexity index is 971. The topological polar surface area (TPSA) is 81.8 Å². The van der Waals surface area contributed by atoms with Crippen molar-refractivity contribution < 1.29 is 4.79 Å². The predicted octanol–water partition coefficient (Wildman–Crippen LogP) is 2.52. The fourth-order valence-electron chi connectivity index (χ4n) is 2.72. The minimum Gasteiger partial charge on any atom is -0.305 e. The quantitative estimate of drug-likeness (QED) is 0.774. The monoisotopic (exact) mass is 339 g/mol. The highest BCUT2D eigenvalue weighted by Gasteiger charge is 2.17. The lowest BCUT2D eigenvalue weighted by atomic mass is 10.1. The van der Waals surface area contributed by atoms with Crippen LogP contribution < -0.4 is 10.9 Å². The second-order valence-corrected chi connectivity index (χ2v) is 6.26. The van der Waals surface area contributed by atoms with Gasteiger partial charge in [0.25, 0.3) is 11.5 Å². The predicted molar refractivity (Wildman–Crippen MR) is 96.7 cm³/mol. The molecule has 0 spiro atoms. The van der Waals surface area contributed by atoms with E-state index < -0.39 is 0 Å². The molecule has 0 aliphatic rings. The Morgan fingerprint density at radius 2 is 1.88 bits per heavy atom. The van der Waals surface area contributed by atoms with Crippen LogP contribution in [0.3, 0.4) is 0 Å². The Balaban J connectivity index is 2.02. The minimum absolute atomic E-state index is 0.195. The third-order valence-electron chi connectivity index (χ3n) is 3.88. The van der Waals surface area contributed by atoms with Crippen molar-refractivity contribution in [1.29, 1.82) is 0 Å². The number of hydrogen-bond acceptors (Lipinski definition) is 4. The van der Waals surface area contributed by atoms with Gasteiger partial charge in [-0.3, -0.25) is 9.59 Å². The zero-order chi connectivity index (χ0) is 18.0. The molecule has 25 heavy (non-hydrogen) atoms. The maximum Gasteiger partial charge on any atom is 0.277 e. The third kappa shape index (κ3) is 3.31. The zero-order valence-corrected chi connectivity index (χ0v) is 14.6. The average Bonchev–Trinajstić information content (AvgIpc) is 3.01. The second kappa shape index (κ2) is 6.88. The van der Waals surface area contributed by atoms with Crippen molar-refractivity contribution in [1.82, 2.24) is 19.6 Å². The molecule has 7 heteroatoms. The molecule has 0 atom stereocenters. The Kier molecular flexibility index (Phi) is 4.65. The van der Waals surface area contributed by atoms with Crippen molar-refractivity contribution >= 4 is 22.5 Å². The molecule has 3 rings (SSSR count). The van der Waals surface area contributed by atoms with Gasteiger partial charge in [-0.25, -0.2) is 9.36 Å². The molecule has 1 N–H and O–H groups in total. The van der Waals surface area contributed by atoms with E-state index in [-0.39, 0.29) is 17.2 Å². The van der Waals surface area contributed by atoms with E-state index in [1.165, 1.54) is 4.68 Å². The van der Waals surface area contributed by atoms with E-state index in [0.717, 1.165) is 0 Å². The van der Waals surface area contributed by atoms with E-state index in [1.807, 2.05) is 6.92 Å². The molecule has 1 aromatic carbocycles. The van der Waals surface area contributed by atoms with Crippen LogP contribution in [0.25, 0.3) is 10.8 Å². The molecule has 7 nitrogen and oxygen atoms in total. The van der Waals surface area contributed by atoms with Crippen LogP contribution in [-0.2, 0) is 13.1 Å². The summed E-state index contributed by atoms with van der Waals surface area (Å²) in [4.78, 5) is 25.2. The second-order valence-electron chi connectivity index (χ2n) is 6.26. The van der Waals surface area contributed by atoms with Crippen LogP contribution in [0.2, 0.25) is 0 Å². The van der Waals surface area contributed by atoms with Crippen LogP contribution >= 0.6 is 0 Å². The van der Waals surface area contributed by atoms with Crippen molar-refractivity contribution in [2.24, 2.45) is 5.92 Å². The number of nitrogens with zero attached hydrogens (tertiary/aromatic N) is 4. The SMILES string of the molecule is CCn1nc(C(=O)Nc2ccnn2CC(C)C)c2ccccc2c1=O. The molecular weight excluding hydrogens is 318 g/mol. The molecule has 0 radical (unpaired) electrons. The Morgan fingerprint density at radius 1 is 1.16 bits per heavy atom. The smallest absolute Gasteiger partial charge is 0.277 e. The fraction of sp³-hybridized carbons (Fsp3) is 0.333. The molecule has 130 valence electrons. The molecule has 0 bridgehead atoms. The van der Waals surface area contributed by atoms with Crippen LogP contribution in [0.1, 0.15) is 31.3 Å². The first-order valence-electron chi connectivity index (χ1n) is 8.34. The van der Waals surface area contributed by atoms with Gasteiger partial charge < -0.3 is 5.32 Å². The maximum absolute atomic E-state index is 12.8. The molecular formula is C18H21N5O2. The first kappa shape index (κ1) is 16.9. The van der Waals surface area contributed by atoms with Gasteiger partial charge in [0.1, 0.15) is 5.82 Å². The third-order valence-corrected chi connectivity index (χ3v) is 3.88. The van der Waals surface area contributed by atoms with Crippen LogP contribution in [-0.4, -0.2) is 25.5 Å². The summed E-state index contributed by atoms with van der Waals surface area (Å²) in [5.74, 6) is 0.652. The van der Waals surface area contributed by atoms with Gasteiger partial charge in [0.2, 0.25) is 0 Å². The lowest BCUT2D eigenvalue weighted by Crippen LogP contribution is -2.27. The molecule has 0 saturated carbocycles. The largest absolute Gasteiger partial charge is 0.305 e.